The normalized spacial score (nSPS) is 15.4. The predicted molar refractivity (Wildman–Crippen MR) is 72.3 cm³/mol. The number of carboxylic acid groups (broad SMARTS) is 1. The average molecular weight is 275 g/mol. The average Bonchev–Trinajstić information content (AvgIpc) is 2.30. The maximum absolute atomic E-state index is 10.6. The first kappa shape index (κ1) is 16.7. The molecule has 18 heavy (non-hydrogen) atoms. The number of carbonyl (C=O) groups is 1. The maximum atomic E-state index is 10.6. The van der Waals surface area contributed by atoms with Crippen molar-refractivity contribution in [2.45, 2.75) is 19.3 Å². The number of aliphatic carboxylic acids is 1. The Morgan fingerprint density at radius 2 is 1.89 bits per heavy atom. The summed E-state index contributed by atoms with van der Waals surface area (Å²) in [6.07, 6.45) is 5.82. The fraction of sp³-hybridized carbons (Fsp3) is 0.500. The third kappa shape index (κ3) is 4.50. The number of halogens is 1. The summed E-state index contributed by atoms with van der Waals surface area (Å²) < 4.78 is 0. The van der Waals surface area contributed by atoms with Crippen LogP contribution in [0.2, 0.25) is 0 Å². The van der Waals surface area contributed by atoms with Gasteiger partial charge in [0.25, 0.3) is 0 Å². The second-order valence-electron chi connectivity index (χ2n) is 4.23. The first-order chi connectivity index (χ1) is 7.75. The van der Waals surface area contributed by atoms with Crippen molar-refractivity contribution in [3.8, 4) is 0 Å². The molecule has 0 aromatic carbocycles. The van der Waals surface area contributed by atoms with E-state index in [1.807, 2.05) is 12.1 Å². The van der Waals surface area contributed by atoms with Gasteiger partial charge in [0.1, 0.15) is 0 Å². The van der Waals surface area contributed by atoms with Crippen molar-refractivity contribution in [1.82, 2.24) is 4.98 Å². The van der Waals surface area contributed by atoms with E-state index < -0.39 is 5.97 Å². The van der Waals surface area contributed by atoms with Crippen LogP contribution in [0.25, 0.3) is 0 Å². The van der Waals surface area contributed by atoms with E-state index in [0.717, 1.165) is 25.9 Å². The van der Waals surface area contributed by atoms with Crippen molar-refractivity contribution in [2.75, 3.05) is 18.0 Å². The number of carboxylic acids is 1. The van der Waals surface area contributed by atoms with Gasteiger partial charge in [-0.2, -0.15) is 0 Å². The van der Waals surface area contributed by atoms with Crippen LogP contribution in [0.4, 0.5) is 5.69 Å². The second-order valence-corrected chi connectivity index (χ2v) is 4.23. The number of pyridine rings is 1. The van der Waals surface area contributed by atoms with E-state index in [2.05, 4.69) is 9.88 Å². The minimum atomic E-state index is -0.678. The molecule has 1 aliphatic rings. The number of nitrogens with zero attached hydrogens (tertiary/aromatic N) is 2. The molecule has 0 unspecified atom stereocenters. The SMILES string of the molecule is Cl.O.O=C(O)CC1CCN(c2ccncc2)CC1. The van der Waals surface area contributed by atoms with Gasteiger partial charge in [0, 0.05) is 37.6 Å². The van der Waals surface area contributed by atoms with Crippen molar-refractivity contribution in [1.29, 1.82) is 0 Å². The molecule has 6 heteroatoms. The highest BCUT2D eigenvalue weighted by atomic mass is 35.5. The molecule has 5 nitrogen and oxygen atoms in total. The first-order valence-corrected chi connectivity index (χ1v) is 5.62. The lowest BCUT2D eigenvalue weighted by Gasteiger charge is -2.32. The molecule has 0 saturated carbocycles. The molecule has 0 aliphatic carbocycles. The summed E-state index contributed by atoms with van der Waals surface area (Å²) in [5.41, 5.74) is 1.18. The number of piperidine rings is 1. The third-order valence-corrected chi connectivity index (χ3v) is 3.11. The van der Waals surface area contributed by atoms with Crippen molar-refractivity contribution >= 4 is 24.1 Å². The van der Waals surface area contributed by atoms with Gasteiger partial charge < -0.3 is 15.5 Å². The zero-order valence-electron chi connectivity index (χ0n) is 10.1. The van der Waals surface area contributed by atoms with Gasteiger partial charge in [-0.25, -0.2) is 0 Å². The zero-order chi connectivity index (χ0) is 11.4. The highest BCUT2D eigenvalue weighted by molar-refractivity contribution is 5.85. The lowest BCUT2D eigenvalue weighted by Crippen LogP contribution is -2.34. The zero-order valence-corrected chi connectivity index (χ0v) is 10.9. The molecule has 0 atom stereocenters. The van der Waals surface area contributed by atoms with Crippen molar-refractivity contribution in [3.05, 3.63) is 24.5 Å². The van der Waals surface area contributed by atoms with Gasteiger partial charge in [-0.3, -0.25) is 9.78 Å². The lowest BCUT2D eigenvalue weighted by molar-refractivity contribution is -0.138. The van der Waals surface area contributed by atoms with Crippen LogP contribution in [0.5, 0.6) is 0 Å². The molecule has 1 aliphatic heterocycles. The standard InChI is InChI=1S/C12H16N2O2.ClH.H2O/c15-12(16)9-10-3-7-14(8-4-10)11-1-5-13-6-2-11;;/h1-2,5-6,10H,3-4,7-9H2,(H,15,16);1H;1H2. The fourth-order valence-electron chi connectivity index (χ4n) is 2.20. The van der Waals surface area contributed by atoms with E-state index >= 15 is 0 Å². The Labute approximate surface area is 113 Å². The van der Waals surface area contributed by atoms with Gasteiger partial charge in [0.05, 0.1) is 0 Å². The van der Waals surface area contributed by atoms with Crippen LogP contribution in [-0.2, 0) is 4.79 Å². The minimum Gasteiger partial charge on any atom is -0.481 e. The molecule has 2 heterocycles. The number of hydrogen-bond donors (Lipinski definition) is 1. The summed E-state index contributed by atoms with van der Waals surface area (Å²) in [5, 5.41) is 8.73. The van der Waals surface area contributed by atoms with E-state index in [1.165, 1.54) is 5.69 Å². The Morgan fingerprint density at radius 1 is 1.33 bits per heavy atom. The largest absolute Gasteiger partial charge is 0.481 e. The smallest absolute Gasteiger partial charge is 0.303 e. The Morgan fingerprint density at radius 3 is 2.39 bits per heavy atom. The van der Waals surface area contributed by atoms with E-state index in [4.69, 9.17) is 5.11 Å². The molecule has 1 aromatic heterocycles. The quantitative estimate of drug-likeness (QED) is 0.902. The van der Waals surface area contributed by atoms with Crippen LogP contribution in [0.15, 0.2) is 24.5 Å². The third-order valence-electron chi connectivity index (χ3n) is 3.11. The molecule has 0 spiro atoms. The summed E-state index contributed by atoms with van der Waals surface area (Å²) in [6, 6.07) is 4.00. The Kier molecular flexibility index (Phi) is 7.31. The van der Waals surface area contributed by atoms with E-state index in [1.54, 1.807) is 12.4 Å². The molecule has 2 rings (SSSR count). The summed E-state index contributed by atoms with van der Waals surface area (Å²) >= 11 is 0. The van der Waals surface area contributed by atoms with Gasteiger partial charge in [0.15, 0.2) is 0 Å². The van der Waals surface area contributed by atoms with Crippen LogP contribution in [-0.4, -0.2) is 34.6 Å². The maximum Gasteiger partial charge on any atom is 0.303 e. The predicted octanol–water partition coefficient (Wildman–Crippen LogP) is 1.37. The summed E-state index contributed by atoms with van der Waals surface area (Å²) in [7, 11) is 0. The number of anilines is 1. The van der Waals surface area contributed by atoms with Crippen LogP contribution < -0.4 is 4.90 Å². The van der Waals surface area contributed by atoms with Gasteiger partial charge in [-0.1, -0.05) is 0 Å². The Hall–Kier alpha value is -1.33. The number of hydrogen-bond acceptors (Lipinski definition) is 3. The van der Waals surface area contributed by atoms with Crippen LogP contribution in [0.1, 0.15) is 19.3 Å². The van der Waals surface area contributed by atoms with E-state index in [-0.39, 0.29) is 17.9 Å². The van der Waals surface area contributed by atoms with Crippen molar-refractivity contribution < 1.29 is 15.4 Å². The minimum absolute atomic E-state index is 0. The second kappa shape index (κ2) is 7.89. The van der Waals surface area contributed by atoms with Crippen molar-refractivity contribution in [2.24, 2.45) is 5.92 Å². The summed E-state index contributed by atoms with van der Waals surface area (Å²) in [6.45, 7) is 1.89. The molecule has 0 radical (unpaired) electrons. The Bertz CT molecular complexity index is 354. The van der Waals surface area contributed by atoms with Crippen LogP contribution in [0, 0.1) is 5.92 Å². The Balaban J connectivity index is 0.00000144. The highest BCUT2D eigenvalue weighted by Gasteiger charge is 2.21. The van der Waals surface area contributed by atoms with Gasteiger partial charge >= 0.3 is 5.97 Å². The van der Waals surface area contributed by atoms with E-state index in [0.29, 0.717) is 12.3 Å². The molecule has 0 amide bonds. The first-order valence-electron chi connectivity index (χ1n) is 5.62. The lowest BCUT2D eigenvalue weighted by atomic mass is 9.93. The molecule has 102 valence electrons. The van der Waals surface area contributed by atoms with Gasteiger partial charge in [-0.05, 0) is 30.9 Å². The van der Waals surface area contributed by atoms with Crippen molar-refractivity contribution in [3.63, 3.8) is 0 Å². The fourth-order valence-corrected chi connectivity index (χ4v) is 2.20. The highest BCUT2D eigenvalue weighted by Crippen LogP contribution is 2.24. The summed E-state index contributed by atoms with van der Waals surface area (Å²) in [5.74, 6) is -0.335. The van der Waals surface area contributed by atoms with Gasteiger partial charge in [0.2, 0.25) is 0 Å². The molecule has 3 N–H and O–H groups in total. The molecule has 0 bridgehead atoms. The molecular weight excluding hydrogens is 256 g/mol. The monoisotopic (exact) mass is 274 g/mol. The van der Waals surface area contributed by atoms with Crippen LogP contribution >= 0.6 is 12.4 Å². The van der Waals surface area contributed by atoms with Gasteiger partial charge in [-0.15, -0.1) is 12.4 Å². The topological polar surface area (TPSA) is 84.9 Å². The number of rotatable bonds is 3. The molecular formula is C12H19ClN2O3. The molecule has 1 saturated heterocycles. The van der Waals surface area contributed by atoms with E-state index in [9.17, 15) is 4.79 Å². The summed E-state index contributed by atoms with van der Waals surface area (Å²) in [4.78, 5) is 16.9. The molecule has 1 aromatic rings. The van der Waals surface area contributed by atoms with Crippen LogP contribution in [0.3, 0.4) is 0 Å². The molecule has 1 fully saturated rings. The number of aromatic nitrogens is 1.